The molecule has 0 unspecified atom stereocenters. The van der Waals surface area contributed by atoms with Gasteiger partial charge >= 0.3 is 0 Å². The van der Waals surface area contributed by atoms with Crippen LogP contribution >= 0.6 is 0 Å². The molecule has 0 saturated heterocycles. The molecule has 1 aromatic rings. The summed E-state index contributed by atoms with van der Waals surface area (Å²) in [6, 6.07) is 5.64. The van der Waals surface area contributed by atoms with Gasteiger partial charge in [0.15, 0.2) is 0 Å². The maximum Gasteiger partial charge on any atom is 0.269 e. The van der Waals surface area contributed by atoms with Gasteiger partial charge in [0.25, 0.3) is 11.6 Å². The molecule has 0 aliphatic rings. The van der Waals surface area contributed by atoms with Gasteiger partial charge in [0, 0.05) is 23.4 Å². The van der Waals surface area contributed by atoms with Crippen LogP contribution in [0.15, 0.2) is 60.7 Å². The minimum Gasteiger partial charge on any atom is -0.322 e. The number of amides is 1. The van der Waals surface area contributed by atoms with Crippen LogP contribution in [0.25, 0.3) is 0 Å². The highest BCUT2D eigenvalue weighted by Crippen LogP contribution is 2.16. The zero-order valence-electron chi connectivity index (χ0n) is 10.5. The quantitative estimate of drug-likeness (QED) is 0.381. The van der Waals surface area contributed by atoms with E-state index in [9.17, 15) is 14.9 Å². The van der Waals surface area contributed by atoms with Crippen LogP contribution in [0.3, 0.4) is 0 Å². The summed E-state index contributed by atoms with van der Waals surface area (Å²) >= 11 is 0. The number of allylic oxidation sites excluding steroid dienone is 3. The third-order valence-electron chi connectivity index (χ3n) is 2.24. The molecule has 0 aromatic heterocycles. The Morgan fingerprint density at radius 3 is 2.47 bits per heavy atom. The average Bonchev–Trinajstić information content (AvgIpc) is 2.39. The molecule has 1 N–H and O–H groups in total. The number of nitrogens with zero attached hydrogens (tertiary/aromatic N) is 1. The van der Waals surface area contributed by atoms with E-state index in [1.807, 2.05) is 0 Å². The number of nitro benzene ring substituents is 1. The Kier molecular flexibility index (Phi) is 5.22. The number of carbonyl (C=O) groups excluding carboxylic acids is 1. The molecule has 0 heterocycles. The number of carbonyl (C=O) groups is 1. The van der Waals surface area contributed by atoms with Crippen molar-refractivity contribution in [1.82, 2.24) is 0 Å². The van der Waals surface area contributed by atoms with E-state index in [0.717, 1.165) is 0 Å². The second-order valence-corrected chi connectivity index (χ2v) is 3.62. The standard InChI is InChI=1S/C14H14N2O3/c1-3-5-11(6-4-2)14(17)15-12-7-9-13(10-8-12)16(18)19/h3-10H,1H2,2H3,(H,15,17)/b6-4-,11-5+. The lowest BCUT2D eigenvalue weighted by Gasteiger charge is -2.05. The van der Waals surface area contributed by atoms with Gasteiger partial charge in [-0.3, -0.25) is 14.9 Å². The molecule has 0 bridgehead atoms. The first-order chi connectivity index (χ1) is 9.08. The second kappa shape index (κ2) is 6.90. The van der Waals surface area contributed by atoms with Crippen molar-refractivity contribution in [2.45, 2.75) is 6.92 Å². The van der Waals surface area contributed by atoms with Crippen LogP contribution < -0.4 is 5.32 Å². The van der Waals surface area contributed by atoms with Crippen LogP contribution in [0.4, 0.5) is 11.4 Å². The smallest absolute Gasteiger partial charge is 0.269 e. The van der Waals surface area contributed by atoms with Gasteiger partial charge in [0.2, 0.25) is 0 Å². The van der Waals surface area contributed by atoms with Gasteiger partial charge < -0.3 is 5.32 Å². The van der Waals surface area contributed by atoms with Gasteiger partial charge in [-0.25, -0.2) is 0 Å². The highest BCUT2D eigenvalue weighted by atomic mass is 16.6. The molecule has 0 spiro atoms. The van der Waals surface area contributed by atoms with E-state index >= 15 is 0 Å². The fourth-order valence-electron chi connectivity index (χ4n) is 1.38. The molecular formula is C14H14N2O3. The number of rotatable bonds is 5. The minimum absolute atomic E-state index is 0.0201. The molecule has 0 aliphatic carbocycles. The maximum absolute atomic E-state index is 11.9. The first-order valence-electron chi connectivity index (χ1n) is 5.59. The van der Waals surface area contributed by atoms with E-state index in [0.29, 0.717) is 11.3 Å². The van der Waals surface area contributed by atoms with E-state index in [1.54, 1.807) is 25.2 Å². The Bertz CT molecular complexity index is 542. The molecule has 1 amide bonds. The predicted octanol–water partition coefficient (Wildman–Crippen LogP) is 3.22. The van der Waals surface area contributed by atoms with Crippen molar-refractivity contribution >= 4 is 17.3 Å². The first-order valence-corrected chi connectivity index (χ1v) is 5.59. The largest absolute Gasteiger partial charge is 0.322 e. The highest BCUT2D eigenvalue weighted by Gasteiger charge is 2.08. The third-order valence-corrected chi connectivity index (χ3v) is 2.24. The number of nitrogens with one attached hydrogen (secondary N) is 1. The van der Waals surface area contributed by atoms with Crippen LogP contribution in [-0.2, 0) is 4.79 Å². The molecule has 0 radical (unpaired) electrons. The van der Waals surface area contributed by atoms with Crippen molar-refractivity contribution in [3.8, 4) is 0 Å². The monoisotopic (exact) mass is 258 g/mol. The highest BCUT2D eigenvalue weighted by molar-refractivity contribution is 6.05. The Labute approximate surface area is 111 Å². The van der Waals surface area contributed by atoms with Crippen molar-refractivity contribution in [2.75, 3.05) is 5.32 Å². The number of nitro groups is 1. The van der Waals surface area contributed by atoms with Crippen molar-refractivity contribution in [3.05, 3.63) is 70.8 Å². The second-order valence-electron chi connectivity index (χ2n) is 3.62. The SMILES string of the molecule is C=C/C=C(\C=C/C)C(=O)Nc1ccc([N+](=O)[O-])cc1. The lowest BCUT2D eigenvalue weighted by molar-refractivity contribution is -0.384. The first kappa shape index (κ1) is 14.4. The molecular weight excluding hydrogens is 244 g/mol. The normalized spacial score (nSPS) is 11.3. The van der Waals surface area contributed by atoms with Crippen LogP contribution in [0.1, 0.15) is 6.92 Å². The summed E-state index contributed by atoms with van der Waals surface area (Å²) in [6.45, 7) is 5.34. The topological polar surface area (TPSA) is 72.2 Å². The molecule has 0 aliphatic heterocycles. The van der Waals surface area contributed by atoms with Crippen molar-refractivity contribution in [2.24, 2.45) is 0 Å². The van der Waals surface area contributed by atoms with Gasteiger partial charge in [-0.1, -0.05) is 30.9 Å². The fourth-order valence-corrected chi connectivity index (χ4v) is 1.38. The molecule has 1 aromatic carbocycles. The molecule has 5 nitrogen and oxygen atoms in total. The van der Waals surface area contributed by atoms with Crippen molar-refractivity contribution in [3.63, 3.8) is 0 Å². The molecule has 1 rings (SSSR count). The number of anilines is 1. The van der Waals surface area contributed by atoms with Gasteiger partial charge in [-0.2, -0.15) is 0 Å². The van der Waals surface area contributed by atoms with Gasteiger partial charge in [-0.05, 0) is 19.1 Å². The van der Waals surface area contributed by atoms with Crippen LogP contribution in [0.5, 0.6) is 0 Å². The van der Waals surface area contributed by atoms with Crippen LogP contribution in [0, 0.1) is 10.1 Å². The third kappa shape index (κ3) is 4.23. The lowest BCUT2D eigenvalue weighted by atomic mass is 10.2. The zero-order chi connectivity index (χ0) is 14.3. The van der Waals surface area contributed by atoms with E-state index in [1.165, 1.54) is 30.3 Å². The summed E-state index contributed by atoms with van der Waals surface area (Å²) in [4.78, 5) is 21.9. The van der Waals surface area contributed by atoms with Gasteiger partial charge in [-0.15, -0.1) is 0 Å². The Hall–Kier alpha value is -2.69. The van der Waals surface area contributed by atoms with E-state index in [4.69, 9.17) is 0 Å². The number of hydrogen-bond donors (Lipinski definition) is 1. The average molecular weight is 258 g/mol. The Morgan fingerprint density at radius 2 is 2.00 bits per heavy atom. The summed E-state index contributed by atoms with van der Waals surface area (Å²) in [5.41, 5.74) is 0.930. The zero-order valence-corrected chi connectivity index (χ0v) is 10.5. The van der Waals surface area contributed by atoms with Gasteiger partial charge in [0.1, 0.15) is 0 Å². The van der Waals surface area contributed by atoms with Crippen LogP contribution in [-0.4, -0.2) is 10.8 Å². The van der Waals surface area contributed by atoms with Crippen molar-refractivity contribution in [1.29, 1.82) is 0 Å². The number of hydrogen-bond acceptors (Lipinski definition) is 3. The summed E-state index contributed by atoms with van der Waals surface area (Å²) < 4.78 is 0. The summed E-state index contributed by atoms with van der Waals surface area (Å²) in [5, 5.41) is 13.2. The molecule has 0 saturated carbocycles. The summed E-state index contributed by atoms with van der Waals surface area (Å²) in [7, 11) is 0. The Balaban J connectivity index is 2.84. The van der Waals surface area contributed by atoms with Crippen molar-refractivity contribution < 1.29 is 9.72 Å². The maximum atomic E-state index is 11.9. The Morgan fingerprint density at radius 1 is 1.37 bits per heavy atom. The van der Waals surface area contributed by atoms with Crippen LogP contribution in [0.2, 0.25) is 0 Å². The van der Waals surface area contributed by atoms with E-state index in [2.05, 4.69) is 11.9 Å². The summed E-state index contributed by atoms with van der Waals surface area (Å²) in [6.07, 6.45) is 6.50. The fraction of sp³-hybridized carbons (Fsp3) is 0.0714. The molecule has 5 heteroatoms. The predicted molar refractivity (Wildman–Crippen MR) is 74.8 cm³/mol. The molecule has 0 atom stereocenters. The molecule has 19 heavy (non-hydrogen) atoms. The molecule has 0 fully saturated rings. The minimum atomic E-state index is -0.492. The van der Waals surface area contributed by atoms with E-state index < -0.39 is 4.92 Å². The number of benzene rings is 1. The number of non-ortho nitro benzene ring substituents is 1. The lowest BCUT2D eigenvalue weighted by Crippen LogP contribution is -2.13. The summed E-state index contributed by atoms with van der Waals surface area (Å²) in [5.74, 6) is -0.299. The van der Waals surface area contributed by atoms with Gasteiger partial charge in [0.05, 0.1) is 4.92 Å². The van der Waals surface area contributed by atoms with E-state index in [-0.39, 0.29) is 11.6 Å². The molecule has 98 valence electrons.